The van der Waals surface area contributed by atoms with Gasteiger partial charge in [0.2, 0.25) is 0 Å². The molecule has 146 valence electrons. The number of piperidine rings is 1. The normalized spacial score (nSPS) is 15.8. The van der Waals surface area contributed by atoms with Crippen molar-refractivity contribution in [3.05, 3.63) is 76.5 Å². The minimum absolute atomic E-state index is 0.145. The standard InChI is InChI=1S/C23H25FN2O2/c24-21-10-4-6-17-16-18(25-23(27)22(17)21)7-5-13-26-14-11-20(12-15-26)28-19-8-2-1-3-9-19/h1-4,6,8-10,16,20H,5,7,11-15H2,(H,25,27). The maximum absolute atomic E-state index is 13.8. The number of pyridine rings is 1. The number of fused-ring (bicyclic) bond motifs is 1. The first-order valence-electron chi connectivity index (χ1n) is 9.93. The highest BCUT2D eigenvalue weighted by atomic mass is 19.1. The van der Waals surface area contributed by atoms with Gasteiger partial charge in [0.05, 0.1) is 5.39 Å². The van der Waals surface area contributed by atoms with Crippen LogP contribution in [0.1, 0.15) is 25.0 Å². The molecule has 0 bridgehead atoms. The van der Waals surface area contributed by atoms with Crippen LogP contribution in [0, 0.1) is 5.82 Å². The number of rotatable bonds is 6. The molecule has 3 aromatic rings. The summed E-state index contributed by atoms with van der Waals surface area (Å²) in [6.45, 7) is 3.04. The van der Waals surface area contributed by atoms with Crippen molar-refractivity contribution < 1.29 is 9.13 Å². The van der Waals surface area contributed by atoms with Crippen LogP contribution in [0.5, 0.6) is 5.75 Å². The lowest BCUT2D eigenvalue weighted by atomic mass is 10.1. The molecule has 1 N–H and O–H groups in total. The van der Waals surface area contributed by atoms with E-state index in [-0.39, 0.29) is 17.0 Å². The van der Waals surface area contributed by atoms with E-state index in [4.69, 9.17) is 4.74 Å². The molecule has 1 aliphatic rings. The SMILES string of the molecule is O=c1[nH]c(CCCN2CCC(Oc3ccccc3)CC2)cc2cccc(F)c12. The topological polar surface area (TPSA) is 45.3 Å². The molecule has 0 aliphatic carbocycles. The van der Waals surface area contributed by atoms with Crippen molar-refractivity contribution in [2.75, 3.05) is 19.6 Å². The van der Waals surface area contributed by atoms with Crippen LogP contribution in [0.4, 0.5) is 4.39 Å². The summed E-state index contributed by atoms with van der Waals surface area (Å²) < 4.78 is 19.9. The fourth-order valence-electron chi connectivity index (χ4n) is 3.90. The van der Waals surface area contributed by atoms with Crippen molar-refractivity contribution in [3.8, 4) is 5.75 Å². The second-order valence-electron chi connectivity index (χ2n) is 7.40. The number of ether oxygens (including phenoxy) is 1. The molecule has 5 heteroatoms. The summed E-state index contributed by atoms with van der Waals surface area (Å²) in [7, 11) is 0. The van der Waals surface area contributed by atoms with Crippen LogP contribution in [-0.4, -0.2) is 35.6 Å². The molecule has 0 saturated carbocycles. The van der Waals surface area contributed by atoms with Crippen LogP contribution in [0.2, 0.25) is 0 Å². The van der Waals surface area contributed by atoms with E-state index in [2.05, 4.69) is 9.88 Å². The molecule has 0 unspecified atom stereocenters. The number of hydrogen-bond donors (Lipinski definition) is 1. The number of para-hydroxylation sites is 1. The largest absolute Gasteiger partial charge is 0.490 e. The molecule has 2 heterocycles. The van der Waals surface area contributed by atoms with Crippen molar-refractivity contribution in [2.45, 2.75) is 31.8 Å². The van der Waals surface area contributed by atoms with E-state index in [0.29, 0.717) is 5.39 Å². The number of aromatic nitrogens is 1. The summed E-state index contributed by atoms with van der Waals surface area (Å²) in [5.41, 5.74) is 0.523. The van der Waals surface area contributed by atoms with E-state index in [1.165, 1.54) is 6.07 Å². The van der Waals surface area contributed by atoms with Crippen molar-refractivity contribution in [2.24, 2.45) is 0 Å². The molecule has 1 aliphatic heterocycles. The highest BCUT2D eigenvalue weighted by molar-refractivity contribution is 5.82. The van der Waals surface area contributed by atoms with Gasteiger partial charge in [-0.05, 0) is 61.9 Å². The number of nitrogens with zero attached hydrogens (tertiary/aromatic N) is 1. The van der Waals surface area contributed by atoms with Gasteiger partial charge in [0.15, 0.2) is 0 Å². The number of aromatic amines is 1. The summed E-state index contributed by atoms with van der Waals surface area (Å²) in [5, 5.41) is 0.810. The Balaban J connectivity index is 1.26. The second kappa shape index (κ2) is 8.57. The van der Waals surface area contributed by atoms with Crippen LogP contribution in [-0.2, 0) is 6.42 Å². The number of halogens is 1. The van der Waals surface area contributed by atoms with E-state index in [1.807, 2.05) is 36.4 Å². The Morgan fingerprint density at radius 1 is 1.07 bits per heavy atom. The van der Waals surface area contributed by atoms with Gasteiger partial charge < -0.3 is 14.6 Å². The van der Waals surface area contributed by atoms with Crippen LogP contribution in [0.15, 0.2) is 59.4 Å². The third kappa shape index (κ3) is 4.42. The molecule has 28 heavy (non-hydrogen) atoms. The molecule has 1 saturated heterocycles. The maximum atomic E-state index is 13.8. The van der Waals surface area contributed by atoms with E-state index >= 15 is 0 Å². The second-order valence-corrected chi connectivity index (χ2v) is 7.40. The Morgan fingerprint density at radius 2 is 1.86 bits per heavy atom. The average Bonchev–Trinajstić information content (AvgIpc) is 2.70. The van der Waals surface area contributed by atoms with Gasteiger partial charge in [-0.2, -0.15) is 0 Å². The van der Waals surface area contributed by atoms with Gasteiger partial charge in [0.25, 0.3) is 5.56 Å². The Hall–Kier alpha value is -2.66. The van der Waals surface area contributed by atoms with Crippen LogP contribution in [0.25, 0.3) is 10.8 Å². The van der Waals surface area contributed by atoms with Crippen LogP contribution >= 0.6 is 0 Å². The van der Waals surface area contributed by atoms with E-state index in [0.717, 1.165) is 56.8 Å². The summed E-state index contributed by atoms with van der Waals surface area (Å²) in [4.78, 5) is 17.4. The number of nitrogens with one attached hydrogen (secondary N) is 1. The van der Waals surface area contributed by atoms with Crippen molar-refractivity contribution in [3.63, 3.8) is 0 Å². The monoisotopic (exact) mass is 380 g/mol. The molecule has 0 amide bonds. The van der Waals surface area contributed by atoms with E-state index < -0.39 is 5.82 Å². The molecule has 4 rings (SSSR count). The molecule has 0 radical (unpaired) electrons. The zero-order valence-corrected chi connectivity index (χ0v) is 15.9. The Bertz CT molecular complexity index is 979. The summed E-state index contributed by atoms with van der Waals surface area (Å²) in [5.74, 6) is 0.475. The molecule has 2 aromatic carbocycles. The molecule has 1 fully saturated rings. The van der Waals surface area contributed by atoms with Crippen LogP contribution < -0.4 is 10.3 Å². The first-order chi connectivity index (χ1) is 13.7. The van der Waals surface area contributed by atoms with Crippen molar-refractivity contribution in [1.29, 1.82) is 0 Å². The van der Waals surface area contributed by atoms with Gasteiger partial charge in [0.1, 0.15) is 17.7 Å². The maximum Gasteiger partial charge on any atom is 0.258 e. The summed E-state index contributed by atoms with van der Waals surface area (Å²) in [6.07, 6.45) is 4.08. The predicted octanol–water partition coefficient (Wildman–Crippen LogP) is 4.14. The minimum Gasteiger partial charge on any atom is -0.490 e. The average molecular weight is 380 g/mol. The van der Waals surface area contributed by atoms with Gasteiger partial charge >= 0.3 is 0 Å². The lowest BCUT2D eigenvalue weighted by Crippen LogP contribution is -2.38. The molecular formula is C23H25FN2O2. The molecule has 4 nitrogen and oxygen atoms in total. The van der Waals surface area contributed by atoms with Gasteiger partial charge in [-0.25, -0.2) is 4.39 Å². The number of aryl methyl sites for hydroxylation is 1. The molecule has 0 atom stereocenters. The van der Waals surface area contributed by atoms with Gasteiger partial charge in [-0.1, -0.05) is 30.3 Å². The lowest BCUT2D eigenvalue weighted by molar-refractivity contribution is 0.0999. The molecular weight excluding hydrogens is 355 g/mol. The lowest BCUT2D eigenvalue weighted by Gasteiger charge is -2.32. The van der Waals surface area contributed by atoms with Crippen molar-refractivity contribution >= 4 is 10.8 Å². The van der Waals surface area contributed by atoms with Gasteiger partial charge in [-0.3, -0.25) is 4.79 Å². The molecule has 1 aromatic heterocycles. The van der Waals surface area contributed by atoms with E-state index in [9.17, 15) is 9.18 Å². The highest BCUT2D eigenvalue weighted by Crippen LogP contribution is 2.19. The fraction of sp³-hybridized carbons (Fsp3) is 0.348. The number of hydrogen-bond acceptors (Lipinski definition) is 3. The third-order valence-corrected chi connectivity index (χ3v) is 5.38. The number of benzene rings is 2. The smallest absolute Gasteiger partial charge is 0.258 e. The zero-order valence-electron chi connectivity index (χ0n) is 15.9. The van der Waals surface area contributed by atoms with Crippen LogP contribution in [0.3, 0.4) is 0 Å². The predicted molar refractivity (Wildman–Crippen MR) is 109 cm³/mol. The fourth-order valence-corrected chi connectivity index (χ4v) is 3.90. The third-order valence-electron chi connectivity index (χ3n) is 5.38. The first-order valence-corrected chi connectivity index (χ1v) is 9.93. The number of likely N-dealkylation sites (tertiary alicyclic amines) is 1. The quantitative estimate of drug-likeness (QED) is 0.699. The molecule has 0 spiro atoms. The Kier molecular flexibility index (Phi) is 5.72. The Labute approximate surface area is 164 Å². The Morgan fingerprint density at radius 3 is 2.64 bits per heavy atom. The summed E-state index contributed by atoms with van der Waals surface area (Å²) in [6, 6.07) is 16.6. The van der Waals surface area contributed by atoms with Gasteiger partial charge in [-0.15, -0.1) is 0 Å². The first kappa shape index (κ1) is 18.7. The zero-order chi connectivity index (χ0) is 19.3. The highest BCUT2D eigenvalue weighted by Gasteiger charge is 2.20. The van der Waals surface area contributed by atoms with Crippen molar-refractivity contribution in [1.82, 2.24) is 9.88 Å². The number of H-pyrrole nitrogens is 1. The minimum atomic E-state index is -0.467. The summed E-state index contributed by atoms with van der Waals surface area (Å²) >= 11 is 0. The van der Waals surface area contributed by atoms with E-state index in [1.54, 1.807) is 12.1 Å². The van der Waals surface area contributed by atoms with Gasteiger partial charge in [0, 0.05) is 18.8 Å².